The van der Waals surface area contributed by atoms with Gasteiger partial charge in [0.15, 0.2) is 0 Å². The number of ether oxygens (including phenoxy) is 1. The van der Waals surface area contributed by atoms with Crippen LogP contribution in [0, 0.1) is 0 Å². The van der Waals surface area contributed by atoms with E-state index in [2.05, 4.69) is 5.32 Å². The number of halogens is 1. The van der Waals surface area contributed by atoms with Gasteiger partial charge in [-0.05, 0) is 24.6 Å². The molecule has 0 aromatic heterocycles. The molecule has 0 saturated heterocycles. The van der Waals surface area contributed by atoms with E-state index in [4.69, 9.17) is 16.3 Å². The first kappa shape index (κ1) is 14.8. The zero-order valence-electron chi connectivity index (χ0n) is 10.6. The van der Waals surface area contributed by atoms with Crippen molar-refractivity contribution in [2.75, 3.05) is 13.7 Å². The van der Waals surface area contributed by atoms with Crippen molar-refractivity contribution < 1.29 is 14.6 Å². The van der Waals surface area contributed by atoms with Crippen LogP contribution in [-0.4, -0.2) is 30.8 Å². The van der Waals surface area contributed by atoms with Crippen LogP contribution in [0.5, 0.6) is 5.75 Å². The maximum Gasteiger partial charge on any atom is 0.255 e. The van der Waals surface area contributed by atoms with E-state index in [9.17, 15) is 9.90 Å². The van der Waals surface area contributed by atoms with Crippen molar-refractivity contribution >= 4 is 17.5 Å². The van der Waals surface area contributed by atoms with Crippen LogP contribution < -0.4 is 5.32 Å². The number of nitrogens with one attached hydrogen (secondary N) is 1. The first-order chi connectivity index (χ1) is 8.58. The van der Waals surface area contributed by atoms with Crippen LogP contribution in [0.2, 0.25) is 5.02 Å². The van der Waals surface area contributed by atoms with E-state index >= 15 is 0 Å². The molecule has 0 radical (unpaired) electrons. The molecule has 18 heavy (non-hydrogen) atoms. The summed E-state index contributed by atoms with van der Waals surface area (Å²) in [5.41, 5.74) is 0.180. The Balaban J connectivity index is 2.76. The van der Waals surface area contributed by atoms with E-state index < -0.39 is 0 Å². The van der Waals surface area contributed by atoms with Gasteiger partial charge in [0.05, 0.1) is 18.2 Å². The minimum Gasteiger partial charge on any atom is -0.507 e. The van der Waals surface area contributed by atoms with E-state index in [1.54, 1.807) is 7.11 Å². The number of aromatic hydroxyl groups is 1. The second-order valence-corrected chi connectivity index (χ2v) is 4.51. The molecule has 1 rings (SSSR count). The van der Waals surface area contributed by atoms with Gasteiger partial charge in [-0.1, -0.05) is 24.9 Å². The molecule has 5 heteroatoms. The molecule has 0 bridgehead atoms. The summed E-state index contributed by atoms with van der Waals surface area (Å²) in [4.78, 5) is 12.0. The van der Waals surface area contributed by atoms with Crippen LogP contribution in [0.3, 0.4) is 0 Å². The average molecular weight is 272 g/mol. The Kier molecular flexibility index (Phi) is 5.95. The topological polar surface area (TPSA) is 58.6 Å². The molecule has 0 aliphatic carbocycles. The lowest BCUT2D eigenvalue weighted by atomic mass is 10.1. The molecule has 0 fully saturated rings. The number of phenols is 1. The van der Waals surface area contributed by atoms with E-state index in [1.807, 2.05) is 6.92 Å². The molecule has 0 aliphatic rings. The van der Waals surface area contributed by atoms with E-state index in [0.717, 1.165) is 12.8 Å². The van der Waals surface area contributed by atoms with Gasteiger partial charge < -0.3 is 15.2 Å². The highest BCUT2D eigenvalue weighted by atomic mass is 35.5. The molecule has 0 saturated carbocycles. The van der Waals surface area contributed by atoms with Crippen molar-refractivity contribution in [2.45, 2.75) is 25.8 Å². The number of carbonyl (C=O) groups excluding carboxylic acids is 1. The van der Waals surface area contributed by atoms with E-state index in [0.29, 0.717) is 11.6 Å². The largest absolute Gasteiger partial charge is 0.507 e. The van der Waals surface area contributed by atoms with Crippen molar-refractivity contribution in [3.63, 3.8) is 0 Å². The number of amides is 1. The molecule has 1 atom stereocenters. The lowest BCUT2D eigenvalue weighted by molar-refractivity contribution is 0.0889. The second kappa shape index (κ2) is 7.24. The molecule has 1 amide bonds. The van der Waals surface area contributed by atoms with E-state index in [-0.39, 0.29) is 23.3 Å². The minimum atomic E-state index is -0.342. The van der Waals surface area contributed by atoms with Gasteiger partial charge in [-0.3, -0.25) is 4.79 Å². The van der Waals surface area contributed by atoms with Gasteiger partial charge in [0.1, 0.15) is 5.75 Å². The lowest BCUT2D eigenvalue weighted by Crippen LogP contribution is -2.37. The van der Waals surface area contributed by atoms with Crippen LogP contribution in [0.15, 0.2) is 18.2 Å². The fraction of sp³-hybridized carbons (Fsp3) is 0.462. The lowest BCUT2D eigenvalue weighted by Gasteiger charge is -2.17. The summed E-state index contributed by atoms with van der Waals surface area (Å²) in [6.07, 6.45) is 1.76. The number of hydrogen-bond acceptors (Lipinski definition) is 3. The van der Waals surface area contributed by atoms with Gasteiger partial charge >= 0.3 is 0 Å². The number of hydrogen-bond donors (Lipinski definition) is 2. The summed E-state index contributed by atoms with van der Waals surface area (Å²) in [5.74, 6) is -0.421. The highest BCUT2D eigenvalue weighted by molar-refractivity contribution is 6.31. The molecule has 2 N–H and O–H groups in total. The molecule has 0 heterocycles. The Labute approximate surface area is 112 Å². The smallest absolute Gasteiger partial charge is 0.255 e. The summed E-state index contributed by atoms with van der Waals surface area (Å²) in [7, 11) is 1.59. The third-order valence-corrected chi connectivity index (χ3v) is 2.78. The summed E-state index contributed by atoms with van der Waals surface area (Å²) < 4.78 is 5.04. The summed E-state index contributed by atoms with van der Waals surface area (Å²) >= 11 is 5.80. The maximum atomic E-state index is 12.0. The molecular weight excluding hydrogens is 254 g/mol. The summed E-state index contributed by atoms with van der Waals surface area (Å²) in [6, 6.07) is 4.32. The summed E-state index contributed by atoms with van der Waals surface area (Å²) in [6.45, 7) is 2.48. The van der Waals surface area contributed by atoms with Crippen molar-refractivity contribution in [3.05, 3.63) is 28.8 Å². The van der Waals surface area contributed by atoms with Crippen LogP contribution >= 0.6 is 11.6 Å². The molecule has 0 spiro atoms. The van der Waals surface area contributed by atoms with Crippen molar-refractivity contribution in [2.24, 2.45) is 0 Å². The molecule has 4 nitrogen and oxygen atoms in total. The summed E-state index contributed by atoms with van der Waals surface area (Å²) in [5, 5.41) is 12.9. The Hall–Kier alpha value is -1.26. The van der Waals surface area contributed by atoms with Gasteiger partial charge in [0, 0.05) is 12.1 Å². The number of methoxy groups -OCH3 is 1. The normalized spacial score (nSPS) is 12.2. The average Bonchev–Trinajstić information content (AvgIpc) is 2.33. The predicted octanol–water partition coefficient (Wildman–Crippen LogP) is 2.59. The van der Waals surface area contributed by atoms with Crippen LogP contribution in [0.4, 0.5) is 0 Å². The highest BCUT2D eigenvalue weighted by Crippen LogP contribution is 2.21. The molecule has 1 aromatic rings. The first-order valence-corrected chi connectivity index (χ1v) is 6.24. The standard InChI is InChI=1S/C13H18ClNO3/c1-3-4-10(8-18-2)15-13(17)11-7-9(14)5-6-12(11)16/h5-7,10,16H,3-4,8H2,1-2H3,(H,15,17). The maximum absolute atomic E-state index is 12.0. The zero-order chi connectivity index (χ0) is 13.5. The number of phenolic OH excluding ortho intramolecular Hbond substituents is 1. The van der Waals surface area contributed by atoms with Crippen LogP contribution in [-0.2, 0) is 4.74 Å². The Morgan fingerprint density at radius 1 is 1.56 bits per heavy atom. The first-order valence-electron chi connectivity index (χ1n) is 5.86. The Morgan fingerprint density at radius 3 is 2.89 bits per heavy atom. The van der Waals surface area contributed by atoms with Crippen molar-refractivity contribution in [1.82, 2.24) is 5.32 Å². The zero-order valence-corrected chi connectivity index (χ0v) is 11.3. The predicted molar refractivity (Wildman–Crippen MR) is 71.2 cm³/mol. The Bertz CT molecular complexity index is 403. The third kappa shape index (κ3) is 4.20. The van der Waals surface area contributed by atoms with Gasteiger partial charge in [-0.2, -0.15) is 0 Å². The molecule has 0 aliphatic heterocycles. The van der Waals surface area contributed by atoms with Crippen molar-refractivity contribution in [3.8, 4) is 5.75 Å². The van der Waals surface area contributed by atoms with Crippen LogP contribution in [0.1, 0.15) is 30.1 Å². The van der Waals surface area contributed by atoms with E-state index in [1.165, 1.54) is 18.2 Å². The molecule has 1 unspecified atom stereocenters. The Morgan fingerprint density at radius 2 is 2.28 bits per heavy atom. The molecule has 1 aromatic carbocycles. The molecule has 100 valence electrons. The number of carbonyl (C=O) groups is 1. The number of benzene rings is 1. The minimum absolute atomic E-state index is 0.0640. The molecular formula is C13H18ClNO3. The van der Waals surface area contributed by atoms with Gasteiger partial charge in [-0.15, -0.1) is 0 Å². The van der Waals surface area contributed by atoms with Gasteiger partial charge in [0.25, 0.3) is 5.91 Å². The van der Waals surface area contributed by atoms with Crippen molar-refractivity contribution in [1.29, 1.82) is 0 Å². The fourth-order valence-electron chi connectivity index (χ4n) is 1.70. The van der Waals surface area contributed by atoms with Gasteiger partial charge in [0.2, 0.25) is 0 Å². The highest BCUT2D eigenvalue weighted by Gasteiger charge is 2.16. The fourth-order valence-corrected chi connectivity index (χ4v) is 1.87. The third-order valence-electron chi connectivity index (χ3n) is 2.54. The SMILES string of the molecule is CCCC(COC)NC(=O)c1cc(Cl)ccc1O. The quantitative estimate of drug-likeness (QED) is 0.836. The number of rotatable bonds is 6. The monoisotopic (exact) mass is 271 g/mol. The van der Waals surface area contributed by atoms with Gasteiger partial charge in [-0.25, -0.2) is 0 Å². The second-order valence-electron chi connectivity index (χ2n) is 4.08. The van der Waals surface area contributed by atoms with Crippen LogP contribution in [0.25, 0.3) is 0 Å².